The van der Waals surface area contributed by atoms with Gasteiger partial charge in [0.15, 0.2) is 0 Å². The number of esters is 6. The SMILES string of the molecule is C=CCOC(=O)NCCCCC(NC(=O)CN1CCN(CC(=O)OC(C)(C)C)CCN(CC(=O)OC(C)(C)C)CCN(CC(=O)OC(C)(C)C)CC1)C(=O)NCC1CCC(C(=O)NC(Cc2ccc3ccccc3c2)C(=O)NCCCCC(NC(=O)NC(CCC(=O)OC(C)(C)C)C(=O)OC(C)(C)C)C(=O)OC)CC1. The van der Waals surface area contributed by atoms with Crippen LogP contribution >= 0.6 is 0 Å². The van der Waals surface area contributed by atoms with Crippen LogP contribution in [0.4, 0.5) is 9.59 Å². The van der Waals surface area contributed by atoms with E-state index in [1.165, 1.54) is 13.2 Å². The first-order valence-electron chi connectivity index (χ1n) is 38.7. The van der Waals surface area contributed by atoms with Crippen LogP contribution < -0.4 is 37.2 Å². The molecule has 0 aromatic heterocycles. The maximum Gasteiger partial charge on any atom is 0.407 e. The number of carbonyl (C=O) groups is 12. The van der Waals surface area contributed by atoms with E-state index in [9.17, 15) is 57.5 Å². The number of amides is 7. The Labute approximate surface area is 651 Å². The Bertz CT molecular complexity index is 3300. The van der Waals surface area contributed by atoms with Gasteiger partial charge in [0.2, 0.25) is 23.6 Å². The van der Waals surface area contributed by atoms with Crippen molar-refractivity contribution in [3.05, 3.63) is 60.7 Å². The minimum Gasteiger partial charge on any atom is -0.467 e. The molecule has 4 unspecified atom stereocenters. The second-order valence-corrected chi connectivity index (χ2v) is 33.4. The second-order valence-electron chi connectivity index (χ2n) is 33.4. The molecule has 1 aliphatic carbocycles. The minimum absolute atomic E-state index is 0.0299. The average Bonchev–Trinajstić information content (AvgIpc) is 0.827. The van der Waals surface area contributed by atoms with Gasteiger partial charge in [0, 0.05) is 90.8 Å². The molecule has 2 fully saturated rings. The van der Waals surface area contributed by atoms with Gasteiger partial charge in [-0.25, -0.2) is 19.2 Å². The molecule has 4 rings (SSSR count). The van der Waals surface area contributed by atoms with E-state index in [4.69, 9.17) is 33.2 Å². The van der Waals surface area contributed by atoms with Crippen molar-refractivity contribution >= 4 is 82.3 Å². The van der Waals surface area contributed by atoms with Crippen molar-refractivity contribution in [1.82, 2.24) is 56.8 Å². The number of alkyl carbamates (subject to hydrolysis) is 1. The summed E-state index contributed by atoms with van der Waals surface area (Å²) in [6, 6.07) is 8.39. The number of carbonyl (C=O) groups excluding carboxylic acids is 12. The number of fused-ring (bicyclic) bond motifs is 1. The predicted octanol–water partition coefficient (Wildman–Crippen LogP) is 6.56. The molecular weight excluding hydrogens is 1420 g/mol. The monoisotopic (exact) mass is 1550 g/mol. The molecular formula is C80H129N11O19. The molecule has 1 saturated heterocycles. The summed E-state index contributed by atoms with van der Waals surface area (Å²) >= 11 is 0. The van der Waals surface area contributed by atoms with E-state index in [2.05, 4.69) is 43.8 Å². The van der Waals surface area contributed by atoms with Crippen molar-refractivity contribution in [2.45, 2.75) is 239 Å². The van der Waals surface area contributed by atoms with Crippen LogP contribution in [-0.2, 0) is 87.5 Å². The number of hydrogen-bond donors (Lipinski definition) is 7. The molecule has 618 valence electrons. The third-order valence-corrected chi connectivity index (χ3v) is 17.5. The molecule has 7 amide bonds. The van der Waals surface area contributed by atoms with E-state index in [1.54, 1.807) is 104 Å². The summed E-state index contributed by atoms with van der Waals surface area (Å²) in [6.45, 7) is 32.7. The Morgan fingerprint density at radius 2 is 0.918 bits per heavy atom. The zero-order chi connectivity index (χ0) is 82.0. The van der Waals surface area contributed by atoms with Crippen molar-refractivity contribution < 1.29 is 90.7 Å². The van der Waals surface area contributed by atoms with Crippen LogP contribution in [0.1, 0.15) is 186 Å². The molecule has 30 heteroatoms. The van der Waals surface area contributed by atoms with Crippen LogP contribution in [0.5, 0.6) is 0 Å². The first kappa shape index (κ1) is 93.9. The highest BCUT2D eigenvalue weighted by Crippen LogP contribution is 2.29. The summed E-state index contributed by atoms with van der Waals surface area (Å²) in [4.78, 5) is 170. The van der Waals surface area contributed by atoms with Gasteiger partial charge >= 0.3 is 47.9 Å². The number of nitrogens with one attached hydrogen (secondary N) is 7. The molecule has 7 N–H and O–H groups in total. The van der Waals surface area contributed by atoms with Crippen LogP contribution in [0, 0.1) is 11.8 Å². The maximum absolute atomic E-state index is 14.5. The summed E-state index contributed by atoms with van der Waals surface area (Å²) in [5.41, 5.74) is -3.11. The van der Waals surface area contributed by atoms with Crippen LogP contribution in [0.15, 0.2) is 55.1 Å². The lowest BCUT2D eigenvalue weighted by Gasteiger charge is -2.34. The number of benzene rings is 2. The fraction of sp³-hybridized carbons (Fsp3) is 0.700. The normalized spacial score (nSPS) is 17.3. The van der Waals surface area contributed by atoms with E-state index in [0.29, 0.717) is 90.6 Å². The quantitative estimate of drug-likeness (QED) is 0.0164. The van der Waals surface area contributed by atoms with Crippen molar-refractivity contribution in [1.29, 1.82) is 0 Å². The van der Waals surface area contributed by atoms with E-state index in [1.807, 2.05) is 62.1 Å². The number of rotatable bonds is 36. The van der Waals surface area contributed by atoms with Crippen molar-refractivity contribution in [2.24, 2.45) is 11.8 Å². The number of hydrogen-bond acceptors (Lipinski definition) is 23. The average molecular weight is 1550 g/mol. The van der Waals surface area contributed by atoms with Gasteiger partial charge in [0.05, 0.1) is 33.3 Å². The molecule has 2 aliphatic rings. The lowest BCUT2D eigenvalue weighted by Crippen LogP contribution is -2.53. The lowest BCUT2D eigenvalue weighted by atomic mass is 9.81. The van der Waals surface area contributed by atoms with Crippen molar-refractivity contribution in [2.75, 3.05) is 112 Å². The molecule has 0 bridgehead atoms. The maximum atomic E-state index is 14.5. The van der Waals surface area contributed by atoms with Crippen molar-refractivity contribution in [3.8, 4) is 0 Å². The molecule has 30 nitrogen and oxygen atoms in total. The third-order valence-electron chi connectivity index (χ3n) is 17.5. The van der Waals surface area contributed by atoms with Crippen LogP contribution in [0.25, 0.3) is 10.8 Å². The molecule has 1 aliphatic heterocycles. The number of methoxy groups -OCH3 is 1. The zero-order valence-corrected chi connectivity index (χ0v) is 68.3. The van der Waals surface area contributed by atoms with Crippen LogP contribution in [0.2, 0.25) is 0 Å². The van der Waals surface area contributed by atoms with Gasteiger partial charge in [0.1, 0.15) is 58.8 Å². The van der Waals surface area contributed by atoms with Gasteiger partial charge in [-0.05, 0) is 197 Å². The highest BCUT2D eigenvalue weighted by molar-refractivity contribution is 5.91. The number of urea groups is 1. The van der Waals surface area contributed by atoms with Gasteiger partial charge in [-0.15, -0.1) is 0 Å². The Hall–Kier alpha value is -8.48. The Morgan fingerprint density at radius 3 is 1.40 bits per heavy atom. The van der Waals surface area contributed by atoms with E-state index >= 15 is 0 Å². The van der Waals surface area contributed by atoms with Crippen LogP contribution in [0.3, 0.4) is 0 Å². The molecule has 4 atom stereocenters. The fourth-order valence-corrected chi connectivity index (χ4v) is 12.4. The first-order valence-corrected chi connectivity index (χ1v) is 38.7. The summed E-state index contributed by atoms with van der Waals surface area (Å²) in [5.74, 6) is -5.51. The van der Waals surface area contributed by atoms with Crippen molar-refractivity contribution in [3.63, 3.8) is 0 Å². The molecule has 2 aromatic carbocycles. The van der Waals surface area contributed by atoms with Gasteiger partial charge in [0.25, 0.3) is 0 Å². The molecule has 1 heterocycles. The first-order chi connectivity index (χ1) is 51.4. The third kappa shape index (κ3) is 40.5. The smallest absolute Gasteiger partial charge is 0.407 e. The number of nitrogens with zero attached hydrogens (tertiary/aromatic N) is 4. The lowest BCUT2D eigenvalue weighted by molar-refractivity contribution is -0.159. The molecule has 1 saturated carbocycles. The molecule has 2 aromatic rings. The Balaban J connectivity index is 1.46. The van der Waals surface area contributed by atoms with Crippen LogP contribution in [-0.4, -0.2) is 255 Å². The summed E-state index contributed by atoms with van der Waals surface area (Å²) in [7, 11) is 1.17. The Morgan fingerprint density at radius 1 is 0.473 bits per heavy atom. The predicted molar refractivity (Wildman–Crippen MR) is 416 cm³/mol. The standard InChI is InChI=1S/C80H129N11O19/c1-18-47-105-75(103)82-38-24-21-27-60(84-64(92)51-88-39-41-89(52-66(94)107-77(5,6)7)43-45-91(54-68(96)109-79(11,12)13)46-44-90(42-40-88)53-67(95)108-78(8,9)10)70(98)83-50-55-29-33-58(34-30-55)69(97)85-63(49-56-31-32-57-25-19-20-26-59(57)48-56)71(99)81-37-23-22-28-61(72(100)104-17)86-74(102)87-62(73(101)110-80(14,15)16)35-36-65(93)106-76(2,3)4/h18-20,25-26,31-32,48,55,58,60-63H,1,21-24,27-30,33-47,49-54H2,2-17H3,(H,81,99)(H,82,103)(H,83,98)(H,84,92)(H,85,97)(H2,86,87,102). The largest absolute Gasteiger partial charge is 0.467 e. The van der Waals surface area contributed by atoms with Gasteiger partial charge in [-0.3, -0.25) is 58.0 Å². The van der Waals surface area contributed by atoms with E-state index < -0.39 is 124 Å². The highest BCUT2D eigenvalue weighted by atomic mass is 16.6. The fourth-order valence-electron chi connectivity index (χ4n) is 12.4. The Kier molecular flexibility index (Phi) is 39.1. The van der Waals surface area contributed by atoms with Gasteiger partial charge < -0.3 is 70.4 Å². The molecule has 0 radical (unpaired) electrons. The highest BCUT2D eigenvalue weighted by Gasteiger charge is 2.35. The van der Waals surface area contributed by atoms with Gasteiger partial charge in [-0.1, -0.05) is 55.1 Å². The van der Waals surface area contributed by atoms with E-state index in [-0.39, 0.29) is 109 Å². The van der Waals surface area contributed by atoms with Gasteiger partial charge in [-0.2, -0.15) is 0 Å². The summed E-state index contributed by atoms with van der Waals surface area (Å²) < 4.78 is 38.1. The van der Waals surface area contributed by atoms with E-state index in [0.717, 1.165) is 16.3 Å². The minimum atomic E-state index is -1.26. The number of ether oxygens (including phenoxy) is 7. The second kappa shape index (κ2) is 45.7. The summed E-state index contributed by atoms with van der Waals surface area (Å²) in [6.07, 6.45) is 4.57. The summed E-state index contributed by atoms with van der Waals surface area (Å²) in [5, 5.41) is 21.9. The molecule has 110 heavy (non-hydrogen) atoms. The zero-order valence-electron chi connectivity index (χ0n) is 68.3. The number of unbranched alkanes of at least 4 members (excludes halogenated alkanes) is 2. The topological polar surface area (TPSA) is 367 Å². The molecule has 0 spiro atoms.